The van der Waals surface area contributed by atoms with Crippen molar-refractivity contribution in [3.05, 3.63) is 35.4 Å². The van der Waals surface area contributed by atoms with Crippen molar-refractivity contribution in [1.29, 1.82) is 0 Å². The average molecular weight is 278 g/mol. The van der Waals surface area contributed by atoms with Crippen molar-refractivity contribution < 1.29 is 9.59 Å². The first-order chi connectivity index (χ1) is 9.54. The summed E-state index contributed by atoms with van der Waals surface area (Å²) >= 11 is 0. The van der Waals surface area contributed by atoms with Crippen molar-refractivity contribution in [3.8, 4) is 0 Å². The molecule has 0 spiro atoms. The molecule has 0 saturated carbocycles. The molecule has 0 aliphatic heterocycles. The van der Waals surface area contributed by atoms with Crippen molar-refractivity contribution in [2.24, 2.45) is 17.2 Å². The Morgan fingerprint density at radius 2 is 2.00 bits per heavy atom. The predicted molar refractivity (Wildman–Crippen MR) is 77.7 cm³/mol. The third-order valence-corrected chi connectivity index (χ3v) is 3.02. The topological polar surface area (TPSA) is 124 Å². The Labute approximate surface area is 118 Å². The van der Waals surface area contributed by atoms with Crippen molar-refractivity contribution in [1.82, 2.24) is 5.32 Å². The molecule has 0 bridgehead atoms. The first-order valence-electron chi connectivity index (χ1n) is 6.66. The fourth-order valence-electron chi connectivity index (χ4n) is 1.78. The van der Waals surface area contributed by atoms with Crippen LogP contribution >= 0.6 is 0 Å². The van der Waals surface area contributed by atoms with E-state index < -0.39 is 11.9 Å². The molecule has 20 heavy (non-hydrogen) atoms. The minimum Gasteiger partial charge on any atom is -0.368 e. The van der Waals surface area contributed by atoms with Gasteiger partial charge in [0.25, 0.3) is 5.91 Å². The Hall–Kier alpha value is -1.92. The van der Waals surface area contributed by atoms with Gasteiger partial charge in [0.2, 0.25) is 5.91 Å². The van der Waals surface area contributed by atoms with Crippen LogP contribution < -0.4 is 22.5 Å². The summed E-state index contributed by atoms with van der Waals surface area (Å²) in [5, 5.41) is 2.82. The minimum atomic E-state index is -0.605. The van der Waals surface area contributed by atoms with E-state index in [-0.39, 0.29) is 5.91 Å². The molecule has 1 atom stereocenters. The highest BCUT2D eigenvalue weighted by molar-refractivity contribution is 5.94. The van der Waals surface area contributed by atoms with Crippen LogP contribution in [0.25, 0.3) is 0 Å². The molecule has 2 amide bonds. The summed E-state index contributed by atoms with van der Waals surface area (Å²) in [7, 11) is 0. The summed E-state index contributed by atoms with van der Waals surface area (Å²) < 4.78 is 0. The monoisotopic (exact) mass is 278 g/mol. The van der Waals surface area contributed by atoms with E-state index in [2.05, 4.69) is 5.32 Å². The number of nitrogens with two attached hydrogens (primary N) is 3. The highest BCUT2D eigenvalue weighted by Gasteiger charge is 2.08. The van der Waals surface area contributed by atoms with Gasteiger partial charge in [0, 0.05) is 18.7 Å². The van der Waals surface area contributed by atoms with Crippen LogP contribution in [0.15, 0.2) is 24.3 Å². The van der Waals surface area contributed by atoms with Crippen LogP contribution in [0.5, 0.6) is 0 Å². The fraction of sp³-hybridized carbons (Fsp3) is 0.429. The summed E-state index contributed by atoms with van der Waals surface area (Å²) in [6, 6.07) is 6.60. The number of nitrogens with one attached hydrogen (secondary N) is 1. The number of rotatable bonds is 8. The first-order valence-corrected chi connectivity index (χ1v) is 6.66. The summed E-state index contributed by atoms with van der Waals surface area (Å²) in [5.41, 5.74) is 17.6. The Balaban J connectivity index is 2.28. The normalized spacial score (nSPS) is 11.9. The molecule has 0 fully saturated rings. The molecule has 0 saturated heterocycles. The van der Waals surface area contributed by atoms with Gasteiger partial charge in [-0.25, -0.2) is 0 Å². The summed E-state index contributed by atoms with van der Waals surface area (Å²) in [4.78, 5) is 22.6. The number of unbranched alkanes of at least 4 members (excludes halogenated alkanes) is 1. The van der Waals surface area contributed by atoms with Gasteiger partial charge in [-0.3, -0.25) is 9.59 Å². The molecule has 0 aromatic heterocycles. The number of primary amides is 1. The second-order valence-electron chi connectivity index (χ2n) is 4.67. The highest BCUT2D eigenvalue weighted by atomic mass is 16.2. The van der Waals surface area contributed by atoms with Gasteiger partial charge in [0.1, 0.15) is 0 Å². The lowest BCUT2D eigenvalue weighted by Crippen LogP contribution is -2.36. The number of hydrogen-bond donors (Lipinski definition) is 4. The number of benzene rings is 1. The van der Waals surface area contributed by atoms with Crippen LogP contribution in [-0.4, -0.2) is 24.4 Å². The molecule has 0 radical (unpaired) electrons. The maximum Gasteiger partial charge on any atom is 0.251 e. The maximum absolute atomic E-state index is 11.9. The van der Waals surface area contributed by atoms with E-state index in [1.807, 2.05) is 12.1 Å². The van der Waals surface area contributed by atoms with Crippen LogP contribution in [0.2, 0.25) is 0 Å². The zero-order chi connectivity index (χ0) is 15.0. The van der Waals surface area contributed by atoms with E-state index in [1.54, 1.807) is 12.1 Å². The van der Waals surface area contributed by atoms with Crippen LogP contribution in [0, 0.1) is 0 Å². The van der Waals surface area contributed by atoms with Gasteiger partial charge in [0.15, 0.2) is 0 Å². The molecule has 6 heteroatoms. The van der Waals surface area contributed by atoms with Crippen molar-refractivity contribution in [2.75, 3.05) is 6.54 Å². The third kappa shape index (κ3) is 5.38. The SMILES string of the molecule is NCc1cccc(C(=O)NCCCCC(N)C(N)=O)c1. The maximum atomic E-state index is 11.9. The van der Waals surface area contributed by atoms with E-state index in [4.69, 9.17) is 17.2 Å². The molecule has 6 nitrogen and oxygen atoms in total. The standard InChI is InChI=1S/C14H22N4O2/c15-9-10-4-3-5-11(8-10)14(20)18-7-2-1-6-12(16)13(17)19/h3-5,8,12H,1-2,6-7,9,15-16H2,(H2,17,19)(H,18,20). The van der Waals surface area contributed by atoms with Gasteiger partial charge < -0.3 is 22.5 Å². The van der Waals surface area contributed by atoms with E-state index >= 15 is 0 Å². The fourth-order valence-corrected chi connectivity index (χ4v) is 1.78. The zero-order valence-corrected chi connectivity index (χ0v) is 11.5. The molecule has 110 valence electrons. The number of carbonyl (C=O) groups excluding carboxylic acids is 2. The smallest absolute Gasteiger partial charge is 0.251 e. The molecule has 0 aliphatic carbocycles. The zero-order valence-electron chi connectivity index (χ0n) is 11.5. The molecule has 1 aromatic rings. The van der Waals surface area contributed by atoms with Crippen molar-refractivity contribution in [3.63, 3.8) is 0 Å². The second kappa shape index (κ2) is 8.29. The van der Waals surface area contributed by atoms with E-state index in [9.17, 15) is 9.59 Å². The number of hydrogen-bond acceptors (Lipinski definition) is 4. The van der Waals surface area contributed by atoms with Crippen LogP contribution in [0.3, 0.4) is 0 Å². The van der Waals surface area contributed by atoms with Gasteiger partial charge in [-0.05, 0) is 37.0 Å². The molecule has 0 heterocycles. The van der Waals surface area contributed by atoms with Gasteiger partial charge in [-0.2, -0.15) is 0 Å². The quantitative estimate of drug-likeness (QED) is 0.494. The van der Waals surface area contributed by atoms with Gasteiger partial charge in [-0.1, -0.05) is 12.1 Å². The Bertz CT molecular complexity index is 462. The second-order valence-corrected chi connectivity index (χ2v) is 4.67. The first kappa shape index (κ1) is 16.1. The van der Waals surface area contributed by atoms with E-state index in [0.29, 0.717) is 25.1 Å². The molecular weight excluding hydrogens is 256 g/mol. The summed E-state index contributed by atoms with van der Waals surface area (Å²) in [6.07, 6.45) is 2.03. The van der Waals surface area contributed by atoms with Crippen LogP contribution in [-0.2, 0) is 11.3 Å². The molecule has 1 unspecified atom stereocenters. The lowest BCUT2D eigenvalue weighted by Gasteiger charge is -2.08. The Morgan fingerprint density at radius 1 is 1.25 bits per heavy atom. The Kier molecular flexibility index (Phi) is 6.69. The Morgan fingerprint density at radius 3 is 2.65 bits per heavy atom. The third-order valence-electron chi connectivity index (χ3n) is 3.02. The van der Waals surface area contributed by atoms with Gasteiger partial charge in [0.05, 0.1) is 6.04 Å². The van der Waals surface area contributed by atoms with Crippen LogP contribution in [0.4, 0.5) is 0 Å². The molecule has 0 aliphatic rings. The molecule has 1 aromatic carbocycles. The lowest BCUT2D eigenvalue weighted by atomic mass is 10.1. The van der Waals surface area contributed by atoms with Crippen molar-refractivity contribution >= 4 is 11.8 Å². The highest BCUT2D eigenvalue weighted by Crippen LogP contribution is 2.05. The van der Waals surface area contributed by atoms with Gasteiger partial charge in [-0.15, -0.1) is 0 Å². The van der Waals surface area contributed by atoms with Gasteiger partial charge >= 0.3 is 0 Å². The molecular formula is C14H22N4O2. The summed E-state index contributed by atoms with van der Waals surface area (Å²) in [5.74, 6) is -0.618. The number of carbonyl (C=O) groups is 2. The number of amides is 2. The van der Waals surface area contributed by atoms with E-state index in [0.717, 1.165) is 18.4 Å². The predicted octanol–water partition coefficient (Wildman–Crippen LogP) is -0.142. The largest absolute Gasteiger partial charge is 0.368 e. The van der Waals surface area contributed by atoms with Crippen LogP contribution in [0.1, 0.15) is 35.2 Å². The minimum absolute atomic E-state index is 0.125. The van der Waals surface area contributed by atoms with Crippen molar-refractivity contribution in [2.45, 2.75) is 31.8 Å². The lowest BCUT2D eigenvalue weighted by molar-refractivity contribution is -0.119. The summed E-state index contributed by atoms with van der Waals surface area (Å²) in [6.45, 7) is 0.948. The average Bonchev–Trinajstić information content (AvgIpc) is 2.46. The molecule has 7 N–H and O–H groups in total. The molecule has 1 rings (SSSR count). The van der Waals surface area contributed by atoms with E-state index in [1.165, 1.54) is 0 Å².